The maximum absolute atomic E-state index is 15.3. The number of piperidine rings is 1. The van der Waals surface area contributed by atoms with E-state index >= 15 is 8.78 Å². The smallest absolute Gasteiger partial charge is 0.258 e. The fourth-order valence-corrected chi connectivity index (χ4v) is 10.3. The Hall–Kier alpha value is -4.53. The van der Waals surface area contributed by atoms with Gasteiger partial charge in [0.15, 0.2) is 44.5 Å². The summed E-state index contributed by atoms with van der Waals surface area (Å²) in [6.07, 6.45) is 1.96. The Balaban J connectivity index is 1.20. The number of fused-ring (bicyclic) bond motifs is 4. The number of halogens is 7. The number of nitrogens with zero attached hydrogens (tertiary/aromatic N) is 3. The lowest BCUT2D eigenvalue weighted by Crippen LogP contribution is -2.60. The van der Waals surface area contributed by atoms with Crippen molar-refractivity contribution < 1.29 is 51.0 Å². The molecule has 1 saturated carbocycles. The van der Waals surface area contributed by atoms with Gasteiger partial charge in [-0.15, -0.1) is 23.2 Å². The number of hydrogen-bond acceptors (Lipinski definition) is 7. The minimum absolute atomic E-state index is 0.00258. The van der Waals surface area contributed by atoms with Crippen LogP contribution in [0.1, 0.15) is 42.7 Å². The summed E-state index contributed by atoms with van der Waals surface area (Å²) in [5.74, 6) is -21.9. The number of alkyl halides is 2. The Labute approximate surface area is 321 Å². The Bertz CT molecular complexity index is 2170. The highest BCUT2D eigenvalue weighted by Crippen LogP contribution is 2.67. The van der Waals surface area contributed by atoms with E-state index in [9.17, 15) is 37.5 Å². The quantitative estimate of drug-likeness (QED) is 0.0777. The van der Waals surface area contributed by atoms with Crippen LogP contribution in [-0.4, -0.2) is 74.5 Å². The van der Waals surface area contributed by atoms with Gasteiger partial charge in [-0.05, 0) is 43.2 Å². The van der Waals surface area contributed by atoms with Gasteiger partial charge in [0.2, 0.25) is 17.6 Å². The second kappa shape index (κ2) is 13.3. The minimum Gasteiger partial charge on any atom is -0.504 e. The van der Waals surface area contributed by atoms with Gasteiger partial charge in [-0.1, -0.05) is 54.1 Å². The van der Waals surface area contributed by atoms with Crippen LogP contribution in [0.2, 0.25) is 0 Å². The number of para-hydroxylation sites is 1. The average Bonchev–Trinajstić information content (AvgIpc) is 3.52. The lowest BCUT2D eigenvalue weighted by atomic mass is 9.56. The third-order valence-electron chi connectivity index (χ3n) is 12.0. The summed E-state index contributed by atoms with van der Waals surface area (Å²) in [5.41, 5.74) is -0.649. The third kappa shape index (κ3) is 5.20. The molecule has 0 spiro atoms. The number of hydrogen-bond donors (Lipinski definition) is 1. The number of rotatable bonds is 6. The highest BCUT2D eigenvalue weighted by Gasteiger charge is 2.77. The van der Waals surface area contributed by atoms with E-state index in [2.05, 4.69) is 4.90 Å². The first-order valence-electron chi connectivity index (χ1n) is 17.6. The number of anilines is 1. The molecule has 4 amide bonds. The molecule has 5 aliphatic rings. The molecule has 6 atom stereocenters. The molecule has 1 N–H and O–H groups in total. The van der Waals surface area contributed by atoms with Crippen molar-refractivity contribution in [1.29, 1.82) is 0 Å². The molecular formula is C39H32Cl2F5N3O6. The number of carbonyl (C=O) groups excluding carboxylic acids is 4. The van der Waals surface area contributed by atoms with E-state index in [1.165, 1.54) is 30.2 Å². The first kappa shape index (κ1) is 37.4. The molecule has 8 rings (SSSR count). The monoisotopic (exact) mass is 803 g/mol. The summed E-state index contributed by atoms with van der Waals surface area (Å²) in [7, 11) is 1.24. The van der Waals surface area contributed by atoms with E-state index in [1.54, 1.807) is 6.08 Å². The number of likely N-dealkylation sites (tertiary alicyclic amines) is 2. The number of phenolic OH excluding ortho intramolecular Hbond substituents is 1. The largest absolute Gasteiger partial charge is 0.504 e. The minimum atomic E-state index is -2.76. The van der Waals surface area contributed by atoms with Gasteiger partial charge in [0.25, 0.3) is 11.8 Å². The Morgan fingerprint density at radius 2 is 1.45 bits per heavy atom. The zero-order chi connectivity index (χ0) is 39.3. The molecule has 2 aliphatic carbocycles. The van der Waals surface area contributed by atoms with Crippen LogP contribution in [-0.2, 0) is 25.7 Å². The highest BCUT2D eigenvalue weighted by molar-refractivity contribution is 6.58. The van der Waals surface area contributed by atoms with E-state index in [0.29, 0.717) is 32.5 Å². The zero-order valence-electron chi connectivity index (χ0n) is 29.0. The van der Waals surface area contributed by atoms with Crippen LogP contribution in [0.25, 0.3) is 0 Å². The molecule has 3 heterocycles. The first-order chi connectivity index (χ1) is 26.2. The zero-order valence-corrected chi connectivity index (χ0v) is 30.5. The van der Waals surface area contributed by atoms with Gasteiger partial charge < -0.3 is 9.84 Å². The summed E-state index contributed by atoms with van der Waals surface area (Å²) < 4.78 is 79.1. The predicted molar refractivity (Wildman–Crippen MR) is 188 cm³/mol. The Morgan fingerprint density at radius 3 is 2.09 bits per heavy atom. The van der Waals surface area contributed by atoms with Crippen molar-refractivity contribution in [2.24, 2.45) is 17.8 Å². The molecule has 288 valence electrons. The molecule has 0 unspecified atom stereocenters. The summed E-state index contributed by atoms with van der Waals surface area (Å²) in [4.78, 5) is 55.3. The van der Waals surface area contributed by atoms with Crippen LogP contribution < -0.4 is 9.64 Å². The lowest BCUT2D eigenvalue weighted by Gasteiger charge is -2.50. The van der Waals surface area contributed by atoms with Gasteiger partial charge in [0.05, 0.1) is 18.9 Å². The first-order valence-corrected chi connectivity index (χ1v) is 18.4. The van der Waals surface area contributed by atoms with Crippen molar-refractivity contribution in [2.75, 3.05) is 25.1 Å². The van der Waals surface area contributed by atoms with Crippen molar-refractivity contribution in [3.8, 4) is 11.5 Å². The van der Waals surface area contributed by atoms with Gasteiger partial charge in [-0.25, -0.2) is 26.9 Å². The van der Waals surface area contributed by atoms with Crippen LogP contribution in [0.3, 0.4) is 0 Å². The Morgan fingerprint density at radius 1 is 0.818 bits per heavy atom. The highest BCUT2D eigenvalue weighted by atomic mass is 35.5. The molecule has 0 radical (unpaired) electrons. The normalized spacial score (nSPS) is 29.7. The standard InChI is InChI=1S/C39H32Cl2F5N3O6/c1-55-24-9-5-8-22(33(24)50)26-20-10-11-21-25(35(52)48(34(21)51)19-12-14-47(15-13-19)17-18-6-3-2-4-7-18)23(20)16-38(40)36(53)49(37(54)39(26,38)41)32-30(45)28(43)27(42)29(44)31(32)46/h2-10,19,21,23,25-26,50H,11-17H2,1H3/t21-,23+,25-,26+,38+,39-/m0/s1. The number of methoxy groups -OCH3 is 1. The molecule has 3 aliphatic heterocycles. The SMILES string of the molecule is COc1cccc([C@H]2C3=CC[C@@H]4C(=O)N(C5CCN(Cc6ccccc6)CC5)C(=O)[C@@H]4[C@@H]3C[C@@]3(Cl)C(=O)N(c4c(F)c(F)c(F)c(F)c4F)C(=O)[C@@]23Cl)c1O. The van der Waals surface area contributed by atoms with Gasteiger partial charge in [-0.2, -0.15) is 0 Å². The fraction of sp³-hybridized carbons (Fsp3) is 0.385. The van der Waals surface area contributed by atoms with Crippen LogP contribution in [0.4, 0.5) is 27.6 Å². The molecular weight excluding hydrogens is 772 g/mol. The molecule has 9 nitrogen and oxygen atoms in total. The van der Waals surface area contributed by atoms with Gasteiger partial charge in [-0.3, -0.25) is 29.0 Å². The molecule has 3 aromatic rings. The Kier molecular flexibility index (Phi) is 9.05. The molecule has 0 bridgehead atoms. The number of phenols is 1. The van der Waals surface area contributed by atoms with E-state index in [4.69, 9.17) is 27.9 Å². The topological polar surface area (TPSA) is 107 Å². The van der Waals surface area contributed by atoms with Crippen LogP contribution in [0, 0.1) is 46.8 Å². The van der Waals surface area contributed by atoms with E-state index in [1.807, 2.05) is 30.3 Å². The summed E-state index contributed by atoms with van der Waals surface area (Å²) >= 11 is 14.4. The molecule has 3 saturated heterocycles. The molecule has 16 heteroatoms. The van der Waals surface area contributed by atoms with E-state index < -0.39 is 110 Å². The number of benzene rings is 3. The predicted octanol–water partition coefficient (Wildman–Crippen LogP) is 6.32. The number of ether oxygens (including phenoxy) is 1. The van der Waals surface area contributed by atoms with Crippen LogP contribution in [0.5, 0.6) is 11.5 Å². The van der Waals surface area contributed by atoms with Crippen LogP contribution in [0.15, 0.2) is 60.2 Å². The van der Waals surface area contributed by atoms with E-state index in [-0.39, 0.29) is 28.2 Å². The summed E-state index contributed by atoms with van der Waals surface area (Å²) in [6, 6.07) is 13.6. The molecule has 0 aromatic heterocycles. The second-order valence-electron chi connectivity index (χ2n) is 14.6. The maximum Gasteiger partial charge on any atom is 0.258 e. The molecule has 55 heavy (non-hydrogen) atoms. The van der Waals surface area contributed by atoms with Gasteiger partial charge >= 0.3 is 0 Å². The third-order valence-corrected chi connectivity index (χ3v) is 13.4. The summed E-state index contributed by atoms with van der Waals surface area (Å²) in [5, 5.41) is 11.4. The van der Waals surface area contributed by atoms with Crippen molar-refractivity contribution in [2.45, 2.75) is 53.9 Å². The van der Waals surface area contributed by atoms with Crippen molar-refractivity contribution in [3.05, 3.63) is 100 Å². The number of aromatic hydroxyl groups is 1. The lowest BCUT2D eigenvalue weighted by molar-refractivity contribution is -0.144. The van der Waals surface area contributed by atoms with Gasteiger partial charge in [0.1, 0.15) is 5.69 Å². The fourth-order valence-electron chi connectivity index (χ4n) is 9.41. The average molecular weight is 805 g/mol. The maximum atomic E-state index is 15.3. The second-order valence-corrected chi connectivity index (χ2v) is 15.9. The molecule has 4 fully saturated rings. The number of allylic oxidation sites excluding steroid dienone is 2. The van der Waals surface area contributed by atoms with Crippen molar-refractivity contribution in [1.82, 2.24) is 9.80 Å². The van der Waals surface area contributed by atoms with Crippen LogP contribution >= 0.6 is 23.2 Å². The summed E-state index contributed by atoms with van der Waals surface area (Å²) in [6.45, 7) is 1.92. The van der Waals surface area contributed by atoms with Crippen molar-refractivity contribution >= 4 is 52.5 Å². The number of imide groups is 2. The number of carbonyl (C=O) groups is 4. The van der Waals surface area contributed by atoms with E-state index in [0.717, 1.165) is 5.56 Å². The van der Waals surface area contributed by atoms with Crippen molar-refractivity contribution in [3.63, 3.8) is 0 Å². The van der Waals surface area contributed by atoms with Gasteiger partial charge in [0, 0.05) is 37.2 Å². The molecule has 3 aromatic carbocycles. The number of amides is 4.